The molecule has 0 aromatic heterocycles. The molecule has 1 rings (SSSR count). The Morgan fingerprint density at radius 1 is 1.44 bits per heavy atom. The Hall–Kier alpha value is 0.574. The molecule has 0 aromatic rings. The summed E-state index contributed by atoms with van der Waals surface area (Å²) in [6.07, 6.45) is 2.47. The predicted molar refractivity (Wildman–Crippen MR) is 63.0 cm³/mol. The van der Waals surface area contributed by atoms with Crippen LogP contribution in [0.1, 0.15) is 40.0 Å². The van der Waals surface area contributed by atoms with Gasteiger partial charge in [0.05, 0.1) is 0 Å². The number of likely N-dealkylation sites (tertiary alicyclic amines) is 1. The van der Waals surface area contributed by atoms with E-state index in [9.17, 15) is 4.79 Å². The first-order valence-electron chi connectivity index (χ1n) is 5.78. The second kappa shape index (κ2) is 6.49. The molecule has 1 fully saturated rings. The van der Waals surface area contributed by atoms with Crippen LogP contribution < -0.4 is 0 Å². The van der Waals surface area contributed by atoms with Crippen molar-refractivity contribution in [2.75, 3.05) is 6.54 Å². The van der Waals surface area contributed by atoms with Crippen LogP contribution in [0.15, 0.2) is 0 Å². The van der Waals surface area contributed by atoms with Crippen molar-refractivity contribution in [2.45, 2.75) is 46.1 Å². The van der Waals surface area contributed by atoms with E-state index in [-0.39, 0.29) is 44.7 Å². The van der Waals surface area contributed by atoms with Crippen molar-refractivity contribution in [3.05, 3.63) is 13.8 Å². The van der Waals surface area contributed by atoms with Gasteiger partial charge >= 0.3 is 0 Å². The Morgan fingerprint density at radius 3 is 2.38 bits per heavy atom. The molecular weight excluding hydrogens is 275 g/mol. The van der Waals surface area contributed by atoms with Gasteiger partial charge in [0.1, 0.15) is 0 Å². The predicted octanol–water partition coefficient (Wildman–Crippen LogP) is 2.70. The minimum Gasteiger partial charge on any atom is -0.372 e. The van der Waals surface area contributed by atoms with Crippen LogP contribution in [0.25, 0.3) is 0 Å². The Labute approximate surface area is 125 Å². The summed E-state index contributed by atoms with van der Waals surface area (Å²) in [7, 11) is 0. The molecule has 3 heteroatoms. The molecule has 16 heavy (non-hydrogen) atoms. The van der Waals surface area contributed by atoms with Crippen LogP contribution >= 0.6 is 0 Å². The van der Waals surface area contributed by atoms with Gasteiger partial charge in [-0.05, 0) is 17.8 Å². The minimum absolute atomic E-state index is 0. The monoisotopic (exact) mass is 298 g/mol. The number of carbonyl (C=O) groups is 1. The third-order valence-corrected chi connectivity index (χ3v) is 3.47. The van der Waals surface area contributed by atoms with E-state index in [2.05, 4.69) is 34.6 Å². The van der Waals surface area contributed by atoms with Crippen LogP contribution in [0.4, 0.5) is 0 Å². The zero-order valence-electron chi connectivity index (χ0n) is 10.8. The van der Waals surface area contributed by atoms with Gasteiger partial charge < -0.3 is 18.7 Å². The van der Waals surface area contributed by atoms with Gasteiger partial charge in [-0.1, -0.05) is 33.2 Å². The smallest absolute Gasteiger partial charge is 0.190 e. The van der Waals surface area contributed by atoms with E-state index < -0.39 is 0 Å². The van der Waals surface area contributed by atoms with Crippen LogP contribution in [0, 0.1) is 25.2 Å². The maximum absolute atomic E-state index is 11.6. The average molecular weight is 298 g/mol. The van der Waals surface area contributed by atoms with Crippen LogP contribution in [-0.4, -0.2) is 23.4 Å². The maximum atomic E-state index is 11.6. The Morgan fingerprint density at radius 2 is 2.00 bits per heavy atom. The average Bonchev–Trinajstić information content (AvgIpc) is 2.15. The van der Waals surface area contributed by atoms with Crippen molar-refractivity contribution in [1.29, 1.82) is 0 Å². The van der Waals surface area contributed by atoms with E-state index in [0.29, 0.717) is 17.8 Å². The summed E-state index contributed by atoms with van der Waals surface area (Å²) in [5.74, 6) is 0.816. The number of nitrogens with zero attached hydrogens (tertiary/aromatic N) is 1. The van der Waals surface area contributed by atoms with Crippen LogP contribution in [0.2, 0.25) is 0 Å². The van der Waals surface area contributed by atoms with Crippen molar-refractivity contribution < 1.29 is 37.5 Å². The van der Waals surface area contributed by atoms with E-state index in [0.717, 1.165) is 19.4 Å². The largest absolute Gasteiger partial charge is 0.372 e. The standard InChI is InChI=1S/C13H23NO.Y/c1-6-12(15)14-8-7-11(9-10(14)2)13(3,4)5;/h10-11H,1-2,6-9H2,3-5H3;/q-2;. The molecular formula is C13H23NOY-2. The molecule has 0 spiro atoms. The minimum atomic E-state index is 0. The van der Waals surface area contributed by atoms with Gasteiger partial charge in [-0.3, -0.25) is 4.79 Å². The van der Waals surface area contributed by atoms with E-state index in [4.69, 9.17) is 0 Å². The quantitative estimate of drug-likeness (QED) is 0.682. The second-order valence-corrected chi connectivity index (χ2v) is 5.58. The van der Waals surface area contributed by atoms with Gasteiger partial charge in [-0.15, -0.1) is 6.42 Å². The van der Waals surface area contributed by atoms with Crippen molar-refractivity contribution in [2.24, 2.45) is 11.3 Å². The summed E-state index contributed by atoms with van der Waals surface area (Å²) in [4.78, 5) is 13.4. The molecule has 1 aliphatic rings. The van der Waals surface area contributed by atoms with Crippen molar-refractivity contribution in [1.82, 2.24) is 4.90 Å². The molecule has 0 saturated carbocycles. The molecule has 0 bridgehead atoms. The molecule has 1 saturated heterocycles. The number of rotatable bonds is 1. The zero-order valence-corrected chi connectivity index (χ0v) is 13.7. The molecule has 1 radical (unpaired) electrons. The molecule has 0 aliphatic carbocycles. The van der Waals surface area contributed by atoms with E-state index in [1.807, 2.05) is 4.90 Å². The first kappa shape index (κ1) is 16.6. The van der Waals surface area contributed by atoms with Gasteiger partial charge in [0.25, 0.3) is 0 Å². The third-order valence-electron chi connectivity index (χ3n) is 3.47. The summed E-state index contributed by atoms with van der Waals surface area (Å²) in [5.41, 5.74) is 0.329. The van der Waals surface area contributed by atoms with E-state index in [1.165, 1.54) is 0 Å². The summed E-state index contributed by atoms with van der Waals surface area (Å²) in [6.45, 7) is 15.4. The van der Waals surface area contributed by atoms with Gasteiger partial charge in [0.2, 0.25) is 0 Å². The van der Waals surface area contributed by atoms with Crippen molar-refractivity contribution >= 4 is 5.91 Å². The van der Waals surface area contributed by atoms with E-state index in [1.54, 1.807) is 0 Å². The number of piperidine rings is 1. The molecule has 2 nitrogen and oxygen atoms in total. The molecule has 0 aromatic carbocycles. The Balaban J connectivity index is 0.00000225. The van der Waals surface area contributed by atoms with Crippen molar-refractivity contribution in [3.63, 3.8) is 0 Å². The fourth-order valence-electron chi connectivity index (χ4n) is 2.31. The van der Waals surface area contributed by atoms with Crippen LogP contribution in [0.3, 0.4) is 0 Å². The Bertz CT molecular complexity index is 235. The molecule has 91 valence electrons. The van der Waals surface area contributed by atoms with E-state index >= 15 is 0 Å². The summed E-state index contributed by atoms with van der Waals surface area (Å²) in [5, 5.41) is 0. The van der Waals surface area contributed by atoms with Crippen LogP contribution in [0.5, 0.6) is 0 Å². The SMILES string of the molecule is [CH2-]CC(=O)N1CCC(C(C)(C)C)CC1[CH2-].[Y]. The zero-order chi connectivity index (χ0) is 11.6. The number of amides is 1. The fraction of sp³-hybridized carbons (Fsp3) is 0.769. The molecule has 0 N–H and O–H groups in total. The third kappa shape index (κ3) is 4.11. The first-order valence-corrected chi connectivity index (χ1v) is 5.78. The van der Waals surface area contributed by atoms with Crippen molar-refractivity contribution in [3.8, 4) is 0 Å². The van der Waals surface area contributed by atoms with Gasteiger partial charge in [0, 0.05) is 39.3 Å². The number of hydrogen-bond donors (Lipinski definition) is 0. The number of hydrogen-bond acceptors (Lipinski definition) is 1. The molecule has 1 heterocycles. The normalized spacial score (nSPS) is 26.2. The topological polar surface area (TPSA) is 20.3 Å². The molecule has 1 aliphatic heterocycles. The summed E-state index contributed by atoms with van der Waals surface area (Å²) >= 11 is 0. The van der Waals surface area contributed by atoms with Crippen LogP contribution in [-0.2, 0) is 37.5 Å². The molecule has 2 unspecified atom stereocenters. The number of carbonyl (C=O) groups excluding carboxylic acids is 1. The maximum Gasteiger partial charge on any atom is 0.190 e. The second-order valence-electron chi connectivity index (χ2n) is 5.58. The fourth-order valence-corrected chi connectivity index (χ4v) is 2.31. The molecule has 1 amide bonds. The summed E-state index contributed by atoms with van der Waals surface area (Å²) < 4.78 is 0. The first-order chi connectivity index (χ1) is 6.86. The summed E-state index contributed by atoms with van der Waals surface area (Å²) in [6, 6.07) is 0.136. The molecule has 2 atom stereocenters. The van der Waals surface area contributed by atoms with Gasteiger partial charge in [-0.2, -0.15) is 0 Å². The van der Waals surface area contributed by atoms with Gasteiger partial charge in [-0.25, -0.2) is 0 Å². The van der Waals surface area contributed by atoms with Gasteiger partial charge in [0.15, 0.2) is 5.91 Å². The Kier molecular flexibility index (Phi) is 6.72.